The molecule has 32 heavy (non-hydrogen) atoms. The number of rotatable bonds is 6. The Labute approximate surface area is 196 Å². The van der Waals surface area contributed by atoms with Crippen molar-refractivity contribution in [3.8, 4) is 23.0 Å². The number of hydrogen-bond acceptors (Lipinski definition) is 7. The summed E-state index contributed by atoms with van der Waals surface area (Å²) in [6.07, 6.45) is 3.00. The number of amides is 4. The van der Waals surface area contributed by atoms with Gasteiger partial charge in [0, 0.05) is 6.07 Å². The van der Waals surface area contributed by atoms with Crippen LogP contribution in [0.15, 0.2) is 48.6 Å². The molecule has 0 bridgehead atoms. The molecule has 2 aliphatic heterocycles. The van der Waals surface area contributed by atoms with Crippen molar-refractivity contribution in [3.05, 3.63) is 57.7 Å². The van der Waals surface area contributed by atoms with Crippen LogP contribution in [0.4, 0.5) is 10.5 Å². The van der Waals surface area contributed by atoms with E-state index in [0.29, 0.717) is 38.7 Å². The van der Waals surface area contributed by atoms with E-state index in [4.69, 9.17) is 18.9 Å². The molecular weight excluding hydrogens is 531 g/mol. The van der Waals surface area contributed by atoms with Gasteiger partial charge in [-0.1, -0.05) is 12.7 Å². The Kier molecular flexibility index (Phi) is 6.04. The van der Waals surface area contributed by atoms with Crippen LogP contribution in [0.25, 0.3) is 6.08 Å². The van der Waals surface area contributed by atoms with Crippen LogP contribution in [0, 0.1) is 3.57 Å². The molecule has 0 atom stereocenters. The second-order valence-corrected chi connectivity index (χ2v) is 7.79. The molecule has 0 radical (unpaired) electrons. The van der Waals surface area contributed by atoms with Gasteiger partial charge in [-0.3, -0.25) is 14.9 Å². The van der Waals surface area contributed by atoms with Gasteiger partial charge >= 0.3 is 6.03 Å². The van der Waals surface area contributed by atoms with Gasteiger partial charge in [-0.15, -0.1) is 0 Å². The smallest absolute Gasteiger partial charge is 0.335 e. The van der Waals surface area contributed by atoms with Gasteiger partial charge in [-0.2, -0.15) is 0 Å². The molecule has 1 N–H and O–H groups in total. The van der Waals surface area contributed by atoms with Crippen LogP contribution in [-0.2, 0) is 9.59 Å². The highest BCUT2D eigenvalue weighted by molar-refractivity contribution is 14.1. The first-order valence-electron chi connectivity index (χ1n) is 9.35. The number of hydrogen-bond donors (Lipinski definition) is 1. The zero-order valence-corrected chi connectivity index (χ0v) is 19.0. The van der Waals surface area contributed by atoms with Crippen molar-refractivity contribution in [3.63, 3.8) is 0 Å². The lowest BCUT2D eigenvalue weighted by Crippen LogP contribution is -2.54. The van der Waals surface area contributed by atoms with Crippen LogP contribution in [0.3, 0.4) is 0 Å². The van der Waals surface area contributed by atoms with Gasteiger partial charge in [0.1, 0.15) is 12.2 Å². The van der Waals surface area contributed by atoms with Gasteiger partial charge in [0.25, 0.3) is 11.8 Å². The minimum atomic E-state index is -0.851. The Morgan fingerprint density at radius 1 is 1.19 bits per heavy atom. The van der Waals surface area contributed by atoms with E-state index >= 15 is 0 Å². The highest BCUT2D eigenvalue weighted by atomic mass is 127. The number of urea groups is 1. The fraction of sp³-hybridized carbons (Fsp3) is 0.136. The molecule has 0 spiro atoms. The number of nitrogens with zero attached hydrogens (tertiary/aromatic N) is 1. The SMILES string of the molecule is C=CCOc1c(I)cc(/C=C2/C(=O)NC(=O)N(c3ccc4c(c3)OCO4)C2=O)cc1OC. The second-order valence-electron chi connectivity index (χ2n) is 6.63. The average Bonchev–Trinajstić information content (AvgIpc) is 3.23. The summed E-state index contributed by atoms with van der Waals surface area (Å²) in [6.45, 7) is 3.97. The molecule has 0 aliphatic carbocycles. The van der Waals surface area contributed by atoms with Crippen molar-refractivity contribution in [2.45, 2.75) is 0 Å². The predicted molar refractivity (Wildman–Crippen MR) is 123 cm³/mol. The maximum Gasteiger partial charge on any atom is 0.335 e. The zero-order chi connectivity index (χ0) is 22.8. The van der Waals surface area contributed by atoms with E-state index in [1.54, 1.807) is 24.3 Å². The van der Waals surface area contributed by atoms with E-state index in [0.717, 1.165) is 4.90 Å². The van der Waals surface area contributed by atoms with Gasteiger partial charge in [-0.25, -0.2) is 9.69 Å². The van der Waals surface area contributed by atoms with Crippen molar-refractivity contribution in [2.24, 2.45) is 0 Å². The number of nitrogens with one attached hydrogen (secondary N) is 1. The van der Waals surface area contributed by atoms with Gasteiger partial charge in [-0.05, 0) is 58.5 Å². The maximum absolute atomic E-state index is 13.1. The molecule has 4 rings (SSSR count). The lowest BCUT2D eigenvalue weighted by Gasteiger charge is -2.26. The Hall–Kier alpha value is -3.54. The first-order chi connectivity index (χ1) is 15.4. The third kappa shape index (κ3) is 4.00. The normalized spacial score (nSPS) is 16.2. The van der Waals surface area contributed by atoms with Crippen molar-refractivity contribution < 1.29 is 33.3 Å². The molecule has 10 heteroatoms. The molecular formula is C22H17IN2O7. The van der Waals surface area contributed by atoms with Crippen LogP contribution in [0.1, 0.15) is 5.56 Å². The molecule has 9 nitrogen and oxygen atoms in total. The van der Waals surface area contributed by atoms with Gasteiger partial charge < -0.3 is 18.9 Å². The summed E-state index contributed by atoms with van der Waals surface area (Å²) in [5.41, 5.74) is 0.561. The number of barbiturate groups is 1. The number of benzene rings is 2. The largest absolute Gasteiger partial charge is 0.493 e. The molecule has 2 heterocycles. The lowest BCUT2D eigenvalue weighted by atomic mass is 10.1. The second kappa shape index (κ2) is 8.91. The van der Waals surface area contributed by atoms with Crippen LogP contribution in [0.5, 0.6) is 23.0 Å². The number of ether oxygens (including phenoxy) is 4. The standard InChI is InChI=1S/C22H17IN2O7/c1-3-6-30-19-15(23)8-12(9-18(19)29-2)7-14-20(26)24-22(28)25(21(14)27)13-4-5-16-17(10-13)32-11-31-16/h3-5,7-10H,1,6,11H2,2H3,(H,24,26,28)/b14-7-. The number of imide groups is 2. The molecule has 0 unspecified atom stereocenters. The van der Waals surface area contributed by atoms with E-state index in [9.17, 15) is 14.4 Å². The minimum absolute atomic E-state index is 0.0511. The summed E-state index contributed by atoms with van der Waals surface area (Å²) in [5.74, 6) is 0.298. The quantitative estimate of drug-likeness (QED) is 0.256. The van der Waals surface area contributed by atoms with Gasteiger partial charge in [0.2, 0.25) is 6.79 Å². The van der Waals surface area contributed by atoms with E-state index in [2.05, 4.69) is 34.5 Å². The Morgan fingerprint density at radius 2 is 1.97 bits per heavy atom. The van der Waals surface area contributed by atoms with E-state index in [1.807, 2.05) is 0 Å². The van der Waals surface area contributed by atoms with E-state index in [1.165, 1.54) is 25.3 Å². The first-order valence-corrected chi connectivity index (χ1v) is 10.4. The fourth-order valence-electron chi connectivity index (χ4n) is 3.19. The molecule has 0 aromatic heterocycles. The minimum Gasteiger partial charge on any atom is -0.493 e. The third-order valence-electron chi connectivity index (χ3n) is 4.62. The van der Waals surface area contributed by atoms with E-state index in [-0.39, 0.29) is 18.1 Å². The molecule has 4 amide bonds. The number of carbonyl (C=O) groups excluding carboxylic acids is 3. The van der Waals surface area contributed by atoms with Crippen LogP contribution < -0.4 is 29.2 Å². The number of methoxy groups -OCH3 is 1. The zero-order valence-electron chi connectivity index (χ0n) is 16.8. The summed E-state index contributed by atoms with van der Waals surface area (Å²) in [5, 5.41) is 2.20. The Bertz CT molecular complexity index is 1180. The first kappa shape index (κ1) is 21.7. The number of anilines is 1. The predicted octanol–water partition coefficient (Wildman–Crippen LogP) is 3.26. The number of carbonyl (C=O) groups is 3. The van der Waals surface area contributed by atoms with Crippen LogP contribution in [-0.4, -0.2) is 38.4 Å². The number of halogens is 1. The molecule has 1 saturated heterocycles. The summed E-state index contributed by atoms with van der Waals surface area (Å²) >= 11 is 2.07. The summed E-state index contributed by atoms with van der Waals surface area (Å²) < 4.78 is 22.3. The molecule has 1 fully saturated rings. The van der Waals surface area contributed by atoms with Gasteiger partial charge in [0.05, 0.1) is 16.4 Å². The van der Waals surface area contributed by atoms with Crippen molar-refractivity contribution in [1.29, 1.82) is 0 Å². The monoisotopic (exact) mass is 548 g/mol. The van der Waals surface area contributed by atoms with Crippen molar-refractivity contribution in [1.82, 2.24) is 5.32 Å². The highest BCUT2D eigenvalue weighted by Crippen LogP contribution is 2.37. The molecule has 164 valence electrons. The summed E-state index contributed by atoms with van der Waals surface area (Å²) in [7, 11) is 1.49. The molecule has 2 aliphatic rings. The fourth-order valence-corrected chi connectivity index (χ4v) is 3.97. The highest BCUT2D eigenvalue weighted by Gasteiger charge is 2.37. The Morgan fingerprint density at radius 3 is 2.72 bits per heavy atom. The van der Waals surface area contributed by atoms with Crippen molar-refractivity contribution in [2.75, 3.05) is 25.4 Å². The van der Waals surface area contributed by atoms with Gasteiger partial charge in [0.15, 0.2) is 23.0 Å². The maximum atomic E-state index is 13.1. The molecule has 2 aromatic carbocycles. The summed E-state index contributed by atoms with van der Waals surface area (Å²) in [6, 6.07) is 7.15. The van der Waals surface area contributed by atoms with E-state index < -0.39 is 17.8 Å². The van der Waals surface area contributed by atoms with Crippen molar-refractivity contribution >= 4 is 52.2 Å². The molecule has 2 aromatic rings. The number of fused-ring (bicyclic) bond motifs is 1. The topological polar surface area (TPSA) is 103 Å². The summed E-state index contributed by atoms with van der Waals surface area (Å²) in [4.78, 5) is 38.9. The molecule has 0 saturated carbocycles. The van der Waals surface area contributed by atoms with Crippen LogP contribution in [0.2, 0.25) is 0 Å². The Balaban J connectivity index is 1.70. The van der Waals surface area contributed by atoms with Crippen LogP contribution >= 0.6 is 22.6 Å². The third-order valence-corrected chi connectivity index (χ3v) is 5.43. The average molecular weight is 548 g/mol. The lowest BCUT2D eigenvalue weighted by molar-refractivity contribution is -0.122.